The highest BCUT2D eigenvalue weighted by atomic mass is 32.1. The van der Waals surface area contributed by atoms with Crippen LogP contribution in [0.25, 0.3) is 10.2 Å². The Labute approximate surface area is 165 Å². The van der Waals surface area contributed by atoms with Gasteiger partial charge in [-0.2, -0.15) is 0 Å². The van der Waals surface area contributed by atoms with Crippen LogP contribution in [0.5, 0.6) is 0 Å². The van der Waals surface area contributed by atoms with E-state index in [-0.39, 0.29) is 0 Å². The summed E-state index contributed by atoms with van der Waals surface area (Å²) in [6.45, 7) is 5.29. The number of rotatable bonds is 6. The summed E-state index contributed by atoms with van der Waals surface area (Å²) >= 11 is 1.66. The maximum Gasteiger partial charge on any atom is 0.139 e. The van der Waals surface area contributed by atoms with E-state index in [1.807, 2.05) is 0 Å². The standard InChI is InChI=1S/C23H26N2OS/c1-17-7-8-21-22(13-17)27-23(24-21)15-20(26)14-18-9-11-25(12-10-18)16-19-5-3-2-4-6-19/h2-8,13,18H,9-12,14-16H2,1H3. The van der Waals surface area contributed by atoms with Crippen LogP contribution in [0.4, 0.5) is 0 Å². The number of carbonyl (C=O) groups is 1. The van der Waals surface area contributed by atoms with Crippen LogP contribution >= 0.6 is 11.3 Å². The number of aromatic nitrogens is 1. The average molecular weight is 379 g/mol. The molecule has 0 amide bonds. The molecule has 0 atom stereocenters. The lowest BCUT2D eigenvalue weighted by Gasteiger charge is -2.31. The zero-order valence-corrected chi connectivity index (χ0v) is 16.7. The molecule has 1 aromatic heterocycles. The Bertz CT molecular complexity index is 911. The van der Waals surface area contributed by atoms with E-state index < -0.39 is 0 Å². The minimum absolute atomic E-state index is 0.340. The van der Waals surface area contributed by atoms with Crippen molar-refractivity contribution in [1.29, 1.82) is 0 Å². The number of piperidine rings is 1. The molecule has 1 saturated heterocycles. The van der Waals surface area contributed by atoms with Crippen molar-refractivity contribution >= 4 is 27.3 Å². The Hall–Kier alpha value is -2.04. The molecule has 2 aromatic carbocycles. The first-order valence-electron chi connectivity index (χ1n) is 9.80. The first kappa shape index (κ1) is 18.3. The van der Waals surface area contributed by atoms with Crippen LogP contribution in [0.1, 0.15) is 35.4 Å². The third kappa shape index (κ3) is 4.82. The molecule has 2 heterocycles. The second kappa shape index (κ2) is 8.32. The van der Waals surface area contributed by atoms with E-state index in [0.29, 0.717) is 24.5 Å². The lowest BCUT2D eigenvalue weighted by Crippen LogP contribution is -2.34. The molecular weight excluding hydrogens is 352 g/mol. The summed E-state index contributed by atoms with van der Waals surface area (Å²) < 4.78 is 1.19. The molecular formula is C23H26N2OS. The van der Waals surface area contributed by atoms with Crippen molar-refractivity contribution in [3.8, 4) is 0 Å². The maximum atomic E-state index is 12.6. The molecule has 1 aliphatic heterocycles. The van der Waals surface area contributed by atoms with E-state index in [0.717, 1.165) is 43.0 Å². The molecule has 0 radical (unpaired) electrons. The average Bonchev–Trinajstić information content (AvgIpc) is 3.05. The quantitative estimate of drug-likeness (QED) is 0.604. The number of hydrogen-bond donors (Lipinski definition) is 0. The molecule has 3 nitrogen and oxygen atoms in total. The van der Waals surface area contributed by atoms with Gasteiger partial charge in [-0.05, 0) is 62.0 Å². The summed E-state index contributed by atoms with van der Waals surface area (Å²) in [6.07, 6.45) is 3.44. The molecule has 0 bridgehead atoms. The zero-order valence-electron chi connectivity index (χ0n) is 15.9. The number of nitrogens with zero attached hydrogens (tertiary/aromatic N) is 2. The monoisotopic (exact) mass is 378 g/mol. The lowest BCUT2D eigenvalue weighted by atomic mass is 9.91. The number of hydrogen-bond acceptors (Lipinski definition) is 4. The Morgan fingerprint density at radius 2 is 1.93 bits per heavy atom. The van der Waals surface area contributed by atoms with E-state index in [2.05, 4.69) is 65.3 Å². The lowest BCUT2D eigenvalue weighted by molar-refractivity contribution is -0.119. The van der Waals surface area contributed by atoms with Crippen molar-refractivity contribution in [2.45, 2.75) is 39.2 Å². The number of thiazole rings is 1. The molecule has 0 saturated carbocycles. The summed E-state index contributed by atoms with van der Waals surface area (Å²) in [5.41, 5.74) is 3.63. The summed E-state index contributed by atoms with van der Waals surface area (Å²) in [5, 5.41) is 0.960. The predicted octanol–water partition coefficient (Wildman–Crippen LogP) is 5.02. The zero-order chi connectivity index (χ0) is 18.6. The fourth-order valence-corrected chi connectivity index (χ4v) is 5.00. The van der Waals surface area contributed by atoms with Crippen molar-refractivity contribution in [1.82, 2.24) is 9.88 Å². The van der Waals surface area contributed by atoms with Crippen LogP contribution in [0.3, 0.4) is 0 Å². The van der Waals surface area contributed by atoms with Gasteiger partial charge in [0.25, 0.3) is 0 Å². The highest BCUT2D eigenvalue weighted by Crippen LogP contribution is 2.26. The highest BCUT2D eigenvalue weighted by Gasteiger charge is 2.22. The Morgan fingerprint density at radius 1 is 1.15 bits per heavy atom. The SMILES string of the molecule is Cc1ccc2nc(CC(=O)CC3CCN(Cc4ccccc4)CC3)sc2c1. The van der Waals surface area contributed by atoms with Crippen molar-refractivity contribution in [2.75, 3.05) is 13.1 Å². The number of likely N-dealkylation sites (tertiary alicyclic amines) is 1. The van der Waals surface area contributed by atoms with Crippen molar-refractivity contribution in [3.63, 3.8) is 0 Å². The van der Waals surface area contributed by atoms with Gasteiger partial charge in [-0.15, -0.1) is 11.3 Å². The van der Waals surface area contributed by atoms with Gasteiger partial charge in [0, 0.05) is 13.0 Å². The summed E-state index contributed by atoms with van der Waals surface area (Å²) in [4.78, 5) is 19.7. The fourth-order valence-electron chi connectivity index (χ4n) is 3.91. The summed E-state index contributed by atoms with van der Waals surface area (Å²) in [6, 6.07) is 16.9. The first-order valence-corrected chi connectivity index (χ1v) is 10.6. The van der Waals surface area contributed by atoms with Crippen LogP contribution in [0, 0.1) is 12.8 Å². The summed E-state index contributed by atoms with van der Waals surface area (Å²) in [7, 11) is 0. The van der Waals surface area contributed by atoms with Gasteiger partial charge < -0.3 is 0 Å². The van der Waals surface area contributed by atoms with E-state index in [1.54, 1.807) is 11.3 Å². The minimum atomic E-state index is 0.340. The molecule has 0 N–H and O–H groups in total. The van der Waals surface area contributed by atoms with Gasteiger partial charge in [0.05, 0.1) is 16.6 Å². The van der Waals surface area contributed by atoms with Gasteiger partial charge >= 0.3 is 0 Å². The molecule has 1 aliphatic rings. The van der Waals surface area contributed by atoms with E-state index >= 15 is 0 Å². The number of ketones is 1. The van der Waals surface area contributed by atoms with Crippen LogP contribution in [-0.4, -0.2) is 28.8 Å². The number of aryl methyl sites for hydroxylation is 1. The van der Waals surface area contributed by atoms with Crippen LogP contribution in [0.15, 0.2) is 48.5 Å². The molecule has 4 heteroatoms. The maximum absolute atomic E-state index is 12.6. The van der Waals surface area contributed by atoms with E-state index in [9.17, 15) is 4.79 Å². The van der Waals surface area contributed by atoms with Gasteiger partial charge in [-0.3, -0.25) is 9.69 Å². The Balaban J connectivity index is 1.26. The fraction of sp³-hybridized carbons (Fsp3) is 0.391. The number of benzene rings is 2. The molecule has 4 rings (SSSR count). The molecule has 0 aliphatic carbocycles. The third-order valence-electron chi connectivity index (χ3n) is 5.41. The normalized spacial score (nSPS) is 16.0. The van der Waals surface area contributed by atoms with Crippen molar-refractivity contribution < 1.29 is 4.79 Å². The first-order chi connectivity index (χ1) is 13.2. The van der Waals surface area contributed by atoms with Gasteiger partial charge in [0.2, 0.25) is 0 Å². The third-order valence-corrected chi connectivity index (χ3v) is 6.43. The van der Waals surface area contributed by atoms with Crippen molar-refractivity contribution in [3.05, 3.63) is 64.7 Å². The molecule has 140 valence electrons. The van der Waals surface area contributed by atoms with E-state index in [4.69, 9.17) is 0 Å². The smallest absolute Gasteiger partial charge is 0.139 e. The van der Waals surface area contributed by atoms with Crippen LogP contribution < -0.4 is 0 Å². The molecule has 1 fully saturated rings. The van der Waals surface area contributed by atoms with Gasteiger partial charge in [-0.1, -0.05) is 36.4 Å². The van der Waals surface area contributed by atoms with E-state index in [1.165, 1.54) is 15.8 Å². The highest BCUT2D eigenvalue weighted by molar-refractivity contribution is 7.18. The van der Waals surface area contributed by atoms with Crippen LogP contribution in [0.2, 0.25) is 0 Å². The van der Waals surface area contributed by atoms with Crippen molar-refractivity contribution in [2.24, 2.45) is 5.92 Å². The second-order valence-electron chi connectivity index (χ2n) is 7.70. The van der Waals surface area contributed by atoms with Gasteiger partial charge in [-0.25, -0.2) is 4.98 Å². The Kier molecular flexibility index (Phi) is 5.65. The molecule has 27 heavy (non-hydrogen) atoms. The Morgan fingerprint density at radius 3 is 2.70 bits per heavy atom. The predicted molar refractivity (Wildman–Crippen MR) is 112 cm³/mol. The van der Waals surface area contributed by atoms with Gasteiger partial charge in [0.15, 0.2) is 0 Å². The molecule has 0 spiro atoms. The van der Waals surface area contributed by atoms with Crippen LogP contribution in [-0.2, 0) is 17.8 Å². The molecule has 3 aromatic rings. The molecule has 0 unspecified atom stereocenters. The largest absolute Gasteiger partial charge is 0.299 e. The number of fused-ring (bicyclic) bond motifs is 1. The topological polar surface area (TPSA) is 33.2 Å². The second-order valence-corrected chi connectivity index (χ2v) is 8.82. The van der Waals surface area contributed by atoms with Gasteiger partial charge in [0.1, 0.15) is 10.8 Å². The minimum Gasteiger partial charge on any atom is -0.299 e. The number of Topliss-reactive ketones (excluding diaryl/α,β-unsaturated/α-hetero) is 1. The summed E-state index contributed by atoms with van der Waals surface area (Å²) in [5.74, 6) is 0.869. The number of carbonyl (C=O) groups excluding carboxylic acids is 1.